The average molecular weight is 716 g/mol. The number of aryl methyl sites for hydroxylation is 3. The van der Waals surface area contributed by atoms with Crippen LogP contribution in [0.4, 0.5) is 9.59 Å². The molecule has 0 saturated carbocycles. The highest BCUT2D eigenvalue weighted by molar-refractivity contribution is 7.84. The van der Waals surface area contributed by atoms with Gasteiger partial charge in [0.2, 0.25) is 17.8 Å². The molecule has 0 fully saturated rings. The number of benzene rings is 2. The van der Waals surface area contributed by atoms with Crippen molar-refractivity contribution < 1.29 is 38.0 Å². The van der Waals surface area contributed by atoms with Crippen molar-refractivity contribution in [2.24, 2.45) is 4.99 Å². The number of phenolic OH excluding ortho intramolecular Hbond substituents is 1. The first-order chi connectivity index (χ1) is 23.2. The zero-order chi connectivity index (χ0) is 37.6. The first-order valence-corrected chi connectivity index (χ1v) is 18.2. The van der Waals surface area contributed by atoms with Crippen LogP contribution in [0.2, 0.25) is 0 Å². The molecule has 2 rings (SSSR count). The highest BCUT2D eigenvalue weighted by atomic mass is 32.2. The molecular formula is C36H53N5O8S. The molecule has 276 valence electrons. The van der Waals surface area contributed by atoms with Crippen LogP contribution < -0.4 is 21.3 Å². The Hall–Kier alpha value is -4.46. The summed E-state index contributed by atoms with van der Waals surface area (Å²) in [5.41, 5.74) is 1.37. The van der Waals surface area contributed by atoms with E-state index in [4.69, 9.17) is 9.47 Å². The maximum Gasteiger partial charge on any atom is 0.414 e. The molecule has 0 bridgehead atoms. The highest BCUT2D eigenvalue weighted by Crippen LogP contribution is 2.23. The Morgan fingerprint density at radius 1 is 0.880 bits per heavy atom. The quantitative estimate of drug-likeness (QED) is 0.115. The Kier molecular flexibility index (Phi) is 15.9. The number of phenols is 1. The van der Waals surface area contributed by atoms with E-state index in [9.17, 15) is 28.5 Å². The number of hydrogen-bond acceptors (Lipinski definition) is 9. The van der Waals surface area contributed by atoms with Crippen molar-refractivity contribution in [3.8, 4) is 5.75 Å². The fraction of sp³-hybridized carbons (Fsp3) is 0.528. The van der Waals surface area contributed by atoms with Gasteiger partial charge in [-0.05, 0) is 109 Å². The number of carbonyl (C=O) groups excluding carboxylic acids is 4. The number of nitrogens with one attached hydrogen (secondary N) is 4. The number of alkyl carbamates (subject to hydrolysis) is 2. The van der Waals surface area contributed by atoms with E-state index in [0.29, 0.717) is 29.7 Å². The second kappa shape index (κ2) is 19.1. The minimum Gasteiger partial charge on any atom is -0.508 e. The lowest BCUT2D eigenvalue weighted by molar-refractivity contribution is -0.129. The van der Waals surface area contributed by atoms with Crippen molar-refractivity contribution in [3.63, 3.8) is 0 Å². The van der Waals surface area contributed by atoms with Gasteiger partial charge in [0, 0.05) is 35.8 Å². The Labute approximate surface area is 297 Å². The molecule has 50 heavy (non-hydrogen) atoms. The van der Waals surface area contributed by atoms with Crippen molar-refractivity contribution in [3.05, 3.63) is 64.7 Å². The second-order valence-electron chi connectivity index (χ2n) is 14.0. The van der Waals surface area contributed by atoms with Gasteiger partial charge < -0.3 is 25.2 Å². The maximum absolute atomic E-state index is 14.1. The predicted molar refractivity (Wildman–Crippen MR) is 195 cm³/mol. The molecule has 2 aromatic rings. The summed E-state index contributed by atoms with van der Waals surface area (Å²) >= 11 is 0. The Balaban J connectivity index is 2.46. The number of rotatable bonds is 13. The standard InChI is InChI=1S/C36H53N5O8S/c1-23-20-26(42)21-24(2)27(23)22-29(39-32(40-33(45)48-35(3,4)5)41-34(46)49-36(6,7)8)31(44)38-28(17-19-50(9)47)30(43)37-18-13-16-25-14-11-10-12-15-25/h10-12,14-15,20-21,28-29,42H,13,16-19,22H2,1-9H3,(H,37,43)(H,38,44)(H2,39,40,41,45,46). The van der Waals surface area contributed by atoms with Gasteiger partial charge in [-0.1, -0.05) is 30.3 Å². The molecule has 3 unspecified atom stereocenters. The molecule has 0 aliphatic carbocycles. The normalized spacial score (nSPS) is 13.2. The molecule has 0 spiro atoms. The number of ether oxygens (including phenoxy) is 2. The van der Waals surface area contributed by atoms with Gasteiger partial charge >= 0.3 is 12.2 Å². The lowest BCUT2D eigenvalue weighted by Gasteiger charge is -2.24. The number of guanidine groups is 1. The number of aromatic hydroxyl groups is 1. The fourth-order valence-electron chi connectivity index (χ4n) is 4.83. The molecule has 0 heterocycles. The van der Waals surface area contributed by atoms with Crippen molar-refractivity contribution in [1.82, 2.24) is 21.3 Å². The summed E-state index contributed by atoms with van der Waals surface area (Å²) in [6.07, 6.45) is 1.09. The smallest absolute Gasteiger partial charge is 0.414 e. The van der Waals surface area contributed by atoms with Gasteiger partial charge in [0.25, 0.3) is 0 Å². The number of aliphatic imine (C=N–C) groups is 1. The molecule has 14 heteroatoms. The lowest BCUT2D eigenvalue weighted by Crippen LogP contribution is -2.52. The summed E-state index contributed by atoms with van der Waals surface area (Å²) in [5, 5.41) is 20.6. The van der Waals surface area contributed by atoms with Gasteiger partial charge in [0.05, 0.1) is 0 Å². The molecule has 0 aliphatic heterocycles. The van der Waals surface area contributed by atoms with Crippen LogP contribution in [0.1, 0.15) is 76.6 Å². The van der Waals surface area contributed by atoms with Crippen LogP contribution in [0.15, 0.2) is 47.5 Å². The van der Waals surface area contributed by atoms with Gasteiger partial charge in [-0.2, -0.15) is 0 Å². The number of nitrogens with zero attached hydrogens (tertiary/aromatic N) is 1. The van der Waals surface area contributed by atoms with Crippen LogP contribution in [0.5, 0.6) is 5.75 Å². The van der Waals surface area contributed by atoms with E-state index in [1.54, 1.807) is 67.5 Å². The third-order valence-corrected chi connectivity index (χ3v) is 7.83. The van der Waals surface area contributed by atoms with Crippen LogP contribution in [-0.4, -0.2) is 81.1 Å². The third-order valence-electron chi connectivity index (χ3n) is 7.02. The summed E-state index contributed by atoms with van der Waals surface area (Å²) in [7, 11) is -1.25. The summed E-state index contributed by atoms with van der Waals surface area (Å²) in [6, 6.07) is 10.6. The summed E-state index contributed by atoms with van der Waals surface area (Å²) in [5.74, 6) is -1.37. The maximum atomic E-state index is 14.1. The van der Waals surface area contributed by atoms with Gasteiger partial charge in [-0.25, -0.2) is 14.6 Å². The molecule has 3 atom stereocenters. The Morgan fingerprint density at radius 2 is 1.42 bits per heavy atom. The van der Waals surface area contributed by atoms with Gasteiger partial charge in [-0.3, -0.25) is 24.4 Å². The zero-order valence-corrected chi connectivity index (χ0v) is 31.4. The second-order valence-corrected chi connectivity index (χ2v) is 15.6. The van der Waals surface area contributed by atoms with E-state index in [-0.39, 0.29) is 24.3 Å². The van der Waals surface area contributed by atoms with E-state index in [1.807, 2.05) is 30.3 Å². The summed E-state index contributed by atoms with van der Waals surface area (Å²) in [4.78, 5) is 57.5. The first-order valence-electron chi connectivity index (χ1n) is 16.5. The van der Waals surface area contributed by atoms with Gasteiger partial charge in [0.1, 0.15) is 29.0 Å². The molecule has 0 aromatic heterocycles. The van der Waals surface area contributed by atoms with Gasteiger partial charge in [0.15, 0.2) is 0 Å². The number of carbonyl (C=O) groups is 4. The number of amides is 4. The molecule has 0 saturated heterocycles. The fourth-order valence-corrected chi connectivity index (χ4v) is 5.40. The highest BCUT2D eigenvalue weighted by Gasteiger charge is 2.29. The van der Waals surface area contributed by atoms with Crippen LogP contribution in [0, 0.1) is 13.8 Å². The topological polar surface area (TPSA) is 185 Å². The minimum absolute atomic E-state index is 0.0373. The van der Waals surface area contributed by atoms with E-state index in [0.717, 1.165) is 12.0 Å². The molecule has 5 N–H and O–H groups in total. The predicted octanol–water partition coefficient (Wildman–Crippen LogP) is 4.33. The summed E-state index contributed by atoms with van der Waals surface area (Å²) in [6.45, 7) is 13.8. The van der Waals surface area contributed by atoms with E-state index < -0.39 is 64.0 Å². The first kappa shape index (κ1) is 41.7. The van der Waals surface area contributed by atoms with E-state index in [1.165, 1.54) is 6.26 Å². The Morgan fingerprint density at radius 3 is 1.92 bits per heavy atom. The van der Waals surface area contributed by atoms with Crippen LogP contribution >= 0.6 is 0 Å². The van der Waals surface area contributed by atoms with Crippen molar-refractivity contribution >= 4 is 40.8 Å². The van der Waals surface area contributed by atoms with Crippen LogP contribution in [0.3, 0.4) is 0 Å². The van der Waals surface area contributed by atoms with Crippen LogP contribution in [-0.2, 0) is 42.7 Å². The largest absolute Gasteiger partial charge is 0.508 e. The molecule has 0 radical (unpaired) electrons. The molecule has 4 amide bonds. The van der Waals surface area contributed by atoms with Crippen molar-refractivity contribution in [1.29, 1.82) is 0 Å². The average Bonchev–Trinajstić information content (AvgIpc) is 2.96. The zero-order valence-electron chi connectivity index (χ0n) is 30.6. The monoisotopic (exact) mass is 715 g/mol. The van der Waals surface area contributed by atoms with E-state index in [2.05, 4.69) is 26.3 Å². The SMILES string of the molecule is Cc1cc(O)cc(C)c1CC(N=C(NC(=O)OC(C)(C)C)NC(=O)OC(C)(C)C)C(=O)NC(CCS(C)=O)C(=O)NCCCc1ccccc1. The lowest BCUT2D eigenvalue weighted by atomic mass is 9.95. The Bertz CT molecular complexity index is 1480. The van der Waals surface area contributed by atoms with Gasteiger partial charge in [-0.15, -0.1) is 0 Å². The third kappa shape index (κ3) is 16.3. The molecule has 13 nitrogen and oxygen atoms in total. The molecular weight excluding hydrogens is 662 g/mol. The van der Waals surface area contributed by atoms with Crippen molar-refractivity contribution in [2.45, 2.75) is 104 Å². The molecule has 2 aromatic carbocycles. The minimum atomic E-state index is -1.31. The van der Waals surface area contributed by atoms with Crippen LogP contribution in [0.25, 0.3) is 0 Å². The van der Waals surface area contributed by atoms with Crippen molar-refractivity contribution in [2.75, 3.05) is 18.6 Å². The van der Waals surface area contributed by atoms with E-state index >= 15 is 0 Å². The number of hydrogen-bond donors (Lipinski definition) is 5. The molecule has 0 aliphatic rings. The summed E-state index contributed by atoms with van der Waals surface area (Å²) < 4.78 is 22.7.